The van der Waals surface area contributed by atoms with Crippen LogP contribution in [-0.2, 0) is 13.5 Å². The molecule has 0 saturated carbocycles. The van der Waals surface area contributed by atoms with E-state index >= 15 is 0 Å². The van der Waals surface area contributed by atoms with Gasteiger partial charge in [0.2, 0.25) is 0 Å². The maximum Gasteiger partial charge on any atom is 0.153 e. The number of benzene rings is 1. The van der Waals surface area contributed by atoms with E-state index in [-0.39, 0.29) is 0 Å². The van der Waals surface area contributed by atoms with Crippen LogP contribution in [0.25, 0.3) is 27.8 Å². The van der Waals surface area contributed by atoms with E-state index < -0.39 is 0 Å². The van der Waals surface area contributed by atoms with Gasteiger partial charge in [0.1, 0.15) is 0 Å². The number of hydrogen-bond acceptors (Lipinski definition) is 4. The van der Waals surface area contributed by atoms with Gasteiger partial charge in [0.05, 0.1) is 35.0 Å². The first kappa shape index (κ1) is 14.8. The number of fused-ring (bicyclic) bond motifs is 2. The van der Waals surface area contributed by atoms with Gasteiger partial charge in [0.25, 0.3) is 0 Å². The lowest BCUT2D eigenvalue weighted by molar-refractivity contribution is 0.768. The first-order valence-corrected chi connectivity index (χ1v) is 8.44. The Morgan fingerprint density at radius 2 is 2.04 bits per heavy atom. The van der Waals surface area contributed by atoms with Crippen molar-refractivity contribution in [2.45, 2.75) is 13.3 Å². The van der Waals surface area contributed by atoms with Crippen molar-refractivity contribution in [3.8, 4) is 11.3 Å². The Morgan fingerprint density at radius 1 is 1.12 bits per heavy atom. The largest absolute Gasteiger partial charge is 0.278 e. The summed E-state index contributed by atoms with van der Waals surface area (Å²) in [6, 6.07) is 10.3. The predicted octanol–water partition coefficient (Wildman–Crippen LogP) is 2.91. The van der Waals surface area contributed by atoms with Gasteiger partial charge in [-0.1, -0.05) is 6.07 Å². The van der Waals surface area contributed by atoms with Crippen LogP contribution in [0.1, 0.15) is 17.0 Å². The van der Waals surface area contributed by atoms with E-state index in [1.54, 1.807) is 4.68 Å². The molecule has 0 radical (unpaired) electrons. The van der Waals surface area contributed by atoms with E-state index in [2.05, 4.69) is 38.5 Å². The van der Waals surface area contributed by atoms with Gasteiger partial charge in [0.15, 0.2) is 5.65 Å². The highest BCUT2D eigenvalue weighted by Gasteiger charge is 2.10. The first-order valence-electron chi connectivity index (χ1n) is 8.44. The highest BCUT2D eigenvalue weighted by atomic mass is 15.3. The number of H-pyrrole nitrogens is 1. The highest BCUT2D eigenvalue weighted by molar-refractivity contribution is 5.81. The third-order valence-corrected chi connectivity index (χ3v) is 4.64. The molecule has 5 aromatic rings. The SMILES string of the molecule is Cc1n[nH]c2ccc(Cc3cnc4ccc(-c5cnn(C)c5)nn34)cc12. The summed E-state index contributed by atoms with van der Waals surface area (Å²) >= 11 is 0. The quantitative estimate of drug-likeness (QED) is 0.546. The molecule has 4 aromatic heterocycles. The minimum Gasteiger partial charge on any atom is -0.278 e. The summed E-state index contributed by atoms with van der Waals surface area (Å²) in [7, 11) is 1.90. The molecule has 1 aromatic carbocycles. The molecule has 0 saturated heterocycles. The zero-order valence-corrected chi connectivity index (χ0v) is 14.5. The molecule has 4 heterocycles. The summed E-state index contributed by atoms with van der Waals surface area (Å²) in [6.45, 7) is 2.01. The smallest absolute Gasteiger partial charge is 0.153 e. The summed E-state index contributed by atoms with van der Waals surface area (Å²) in [4.78, 5) is 4.49. The Labute approximate surface area is 149 Å². The average molecular weight is 343 g/mol. The molecule has 128 valence electrons. The Morgan fingerprint density at radius 3 is 2.88 bits per heavy atom. The van der Waals surface area contributed by atoms with Crippen molar-refractivity contribution in [1.29, 1.82) is 0 Å². The van der Waals surface area contributed by atoms with Crippen LogP contribution < -0.4 is 0 Å². The summed E-state index contributed by atoms with van der Waals surface area (Å²) in [5, 5.41) is 17.5. The molecule has 7 heteroatoms. The second-order valence-corrected chi connectivity index (χ2v) is 6.51. The second-order valence-electron chi connectivity index (χ2n) is 6.51. The van der Waals surface area contributed by atoms with Crippen molar-refractivity contribution in [1.82, 2.24) is 34.6 Å². The molecule has 0 amide bonds. The number of hydrogen-bond donors (Lipinski definition) is 1. The van der Waals surface area contributed by atoms with Crippen LogP contribution >= 0.6 is 0 Å². The summed E-state index contributed by atoms with van der Waals surface area (Å²) in [5.41, 5.74) is 7.03. The third kappa shape index (κ3) is 2.36. The molecule has 0 bridgehead atoms. The lowest BCUT2D eigenvalue weighted by atomic mass is 10.1. The zero-order valence-electron chi connectivity index (χ0n) is 14.5. The van der Waals surface area contributed by atoms with Crippen LogP contribution in [0.15, 0.2) is 48.9 Å². The van der Waals surface area contributed by atoms with Crippen LogP contribution in [-0.4, -0.2) is 34.6 Å². The standard InChI is InChI=1S/C19H17N7/c1-12-16-8-13(3-4-18(16)23-22-12)7-15-10-20-19-6-5-17(24-26(15)19)14-9-21-25(2)11-14/h3-6,8-11H,7H2,1-2H3,(H,22,23). The normalized spacial score (nSPS) is 11.6. The van der Waals surface area contributed by atoms with E-state index in [1.165, 1.54) is 5.56 Å². The summed E-state index contributed by atoms with van der Waals surface area (Å²) < 4.78 is 3.69. The molecule has 7 nitrogen and oxygen atoms in total. The average Bonchev–Trinajstić information content (AvgIpc) is 3.35. The fourth-order valence-corrected chi connectivity index (χ4v) is 3.26. The molecule has 26 heavy (non-hydrogen) atoms. The number of aromatic nitrogens is 7. The Hall–Kier alpha value is -3.48. The monoisotopic (exact) mass is 343 g/mol. The molecule has 0 fully saturated rings. The third-order valence-electron chi connectivity index (χ3n) is 4.64. The van der Waals surface area contributed by atoms with Crippen molar-refractivity contribution in [2.75, 3.05) is 0 Å². The van der Waals surface area contributed by atoms with Gasteiger partial charge in [0, 0.05) is 30.6 Å². The van der Waals surface area contributed by atoms with E-state index in [0.717, 1.165) is 45.6 Å². The molecule has 0 unspecified atom stereocenters. The summed E-state index contributed by atoms with van der Waals surface area (Å²) in [6.07, 6.45) is 6.42. The number of nitrogens with one attached hydrogen (secondary N) is 1. The number of nitrogens with zero attached hydrogens (tertiary/aromatic N) is 6. The lowest BCUT2D eigenvalue weighted by Crippen LogP contribution is -2.00. The molecular formula is C19H17N7. The highest BCUT2D eigenvalue weighted by Crippen LogP contribution is 2.21. The molecule has 0 aliphatic carbocycles. The number of aromatic amines is 1. The fourth-order valence-electron chi connectivity index (χ4n) is 3.26. The van der Waals surface area contributed by atoms with E-state index in [9.17, 15) is 0 Å². The van der Waals surface area contributed by atoms with Crippen molar-refractivity contribution < 1.29 is 0 Å². The van der Waals surface area contributed by atoms with Gasteiger partial charge in [-0.3, -0.25) is 9.78 Å². The van der Waals surface area contributed by atoms with Crippen LogP contribution in [0.3, 0.4) is 0 Å². The van der Waals surface area contributed by atoms with E-state index in [1.807, 2.05) is 49.2 Å². The van der Waals surface area contributed by atoms with Crippen LogP contribution in [0, 0.1) is 6.92 Å². The van der Waals surface area contributed by atoms with Crippen molar-refractivity contribution in [3.63, 3.8) is 0 Å². The van der Waals surface area contributed by atoms with Crippen molar-refractivity contribution >= 4 is 16.6 Å². The second kappa shape index (κ2) is 5.52. The fraction of sp³-hybridized carbons (Fsp3) is 0.158. The minimum atomic E-state index is 0.755. The van der Waals surface area contributed by atoms with Gasteiger partial charge < -0.3 is 0 Å². The molecule has 0 aliphatic rings. The molecule has 0 spiro atoms. The van der Waals surface area contributed by atoms with Gasteiger partial charge >= 0.3 is 0 Å². The molecule has 0 aliphatic heterocycles. The lowest BCUT2D eigenvalue weighted by Gasteiger charge is -2.04. The van der Waals surface area contributed by atoms with E-state index in [0.29, 0.717) is 0 Å². The zero-order chi connectivity index (χ0) is 17.7. The van der Waals surface area contributed by atoms with Crippen molar-refractivity contribution in [3.05, 3.63) is 65.9 Å². The van der Waals surface area contributed by atoms with Gasteiger partial charge in [-0.2, -0.15) is 15.3 Å². The van der Waals surface area contributed by atoms with Crippen LogP contribution in [0.2, 0.25) is 0 Å². The van der Waals surface area contributed by atoms with Crippen LogP contribution in [0.4, 0.5) is 0 Å². The van der Waals surface area contributed by atoms with Crippen molar-refractivity contribution in [2.24, 2.45) is 7.05 Å². The predicted molar refractivity (Wildman–Crippen MR) is 98.8 cm³/mol. The van der Waals surface area contributed by atoms with Gasteiger partial charge in [-0.15, -0.1) is 0 Å². The molecular weight excluding hydrogens is 326 g/mol. The number of aryl methyl sites for hydroxylation is 2. The topological polar surface area (TPSA) is 76.7 Å². The molecule has 5 rings (SSSR count). The van der Waals surface area contributed by atoms with E-state index in [4.69, 9.17) is 5.10 Å². The van der Waals surface area contributed by atoms with Gasteiger partial charge in [-0.25, -0.2) is 9.50 Å². The maximum absolute atomic E-state index is 4.77. The van der Waals surface area contributed by atoms with Gasteiger partial charge in [-0.05, 0) is 36.8 Å². The number of imidazole rings is 1. The first-order chi connectivity index (χ1) is 12.7. The maximum atomic E-state index is 4.77. The number of rotatable bonds is 3. The summed E-state index contributed by atoms with van der Waals surface area (Å²) in [5.74, 6) is 0. The Balaban J connectivity index is 1.56. The Kier molecular flexibility index (Phi) is 3.15. The molecule has 0 atom stereocenters. The van der Waals surface area contributed by atoms with Crippen LogP contribution in [0.5, 0.6) is 0 Å². The molecule has 1 N–H and O–H groups in total. The minimum absolute atomic E-state index is 0.755. The Bertz CT molecular complexity index is 1240.